The number of phosphoric ester groups is 1. The average molecular weight is 279 g/mol. The Balaban J connectivity index is 4.39. The van der Waals surface area contributed by atoms with Gasteiger partial charge in [0.05, 0.1) is 0 Å². The molecular formula is C6H6Cl3O4P. The number of rotatable bonds is 6. The summed E-state index contributed by atoms with van der Waals surface area (Å²) in [6, 6.07) is 0. The molecule has 0 aliphatic heterocycles. The van der Waals surface area contributed by atoms with Crippen LogP contribution in [0, 0.1) is 0 Å². The van der Waals surface area contributed by atoms with Crippen molar-refractivity contribution in [1.29, 1.82) is 0 Å². The third-order valence-corrected chi connectivity index (χ3v) is 2.17. The lowest BCUT2D eigenvalue weighted by molar-refractivity contribution is 0.231. The van der Waals surface area contributed by atoms with Crippen molar-refractivity contribution in [1.82, 2.24) is 0 Å². The molecule has 0 spiro atoms. The summed E-state index contributed by atoms with van der Waals surface area (Å²) in [4.78, 5) is 0. The van der Waals surface area contributed by atoms with E-state index in [2.05, 4.69) is 13.6 Å². The zero-order valence-electron chi connectivity index (χ0n) is 6.68. The van der Waals surface area contributed by atoms with Gasteiger partial charge in [-0.2, -0.15) is 4.57 Å². The zero-order valence-corrected chi connectivity index (χ0v) is 9.84. The smallest absolute Gasteiger partial charge is 0.393 e. The third kappa shape index (κ3) is 6.22. The maximum Gasteiger partial charge on any atom is 0.645 e. The second-order valence-corrected chi connectivity index (χ2v) is 3.83. The molecule has 0 N–H and O–H groups in total. The lowest BCUT2D eigenvalue weighted by Gasteiger charge is -2.11. The summed E-state index contributed by atoms with van der Waals surface area (Å²) in [6.07, 6.45) is 2.81. The van der Waals surface area contributed by atoms with Crippen molar-refractivity contribution >= 4 is 42.6 Å². The average Bonchev–Trinajstić information content (AvgIpc) is 2.21. The zero-order chi connectivity index (χ0) is 10.9. The van der Waals surface area contributed by atoms with E-state index in [1.807, 2.05) is 0 Å². The van der Waals surface area contributed by atoms with Crippen LogP contribution in [0.25, 0.3) is 0 Å². The van der Waals surface area contributed by atoms with Gasteiger partial charge in [0, 0.05) is 16.6 Å². The standard InChI is InChI=1S/C6H6Cl3O4P/c7-1-4-11-14(10,12-5-2-8)13-6-3-9/h1-6H/b4-1+,5-2+,6-3+. The first-order valence-corrected chi connectivity index (χ1v) is 5.86. The van der Waals surface area contributed by atoms with E-state index >= 15 is 0 Å². The first-order valence-electron chi connectivity index (χ1n) is 3.09. The van der Waals surface area contributed by atoms with Gasteiger partial charge in [0.15, 0.2) is 0 Å². The highest BCUT2D eigenvalue weighted by atomic mass is 35.5. The number of hydrogen-bond acceptors (Lipinski definition) is 4. The van der Waals surface area contributed by atoms with Gasteiger partial charge in [0.2, 0.25) is 0 Å². The molecule has 0 saturated heterocycles. The van der Waals surface area contributed by atoms with Gasteiger partial charge in [-0.3, -0.25) is 0 Å². The van der Waals surface area contributed by atoms with Crippen molar-refractivity contribution in [3.63, 3.8) is 0 Å². The van der Waals surface area contributed by atoms with Gasteiger partial charge in [0.25, 0.3) is 0 Å². The molecule has 0 aliphatic rings. The molecule has 0 saturated carbocycles. The monoisotopic (exact) mass is 278 g/mol. The van der Waals surface area contributed by atoms with E-state index in [9.17, 15) is 4.57 Å². The minimum absolute atomic E-state index is 0.937. The third-order valence-electron chi connectivity index (χ3n) is 0.724. The van der Waals surface area contributed by atoms with Crippen molar-refractivity contribution in [2.75, 3.05) is 0 Å². The normalized spacial score (nSPS) is 12.8. The highest BCUT2D eigenvalue weighted by Crippen LogP contribution is 2.50. The molecule has 0 unspecified atom stereocenters. The lowest BCUT2D eigenvalue weighted by Crippen LogP contribution is -1.87. The van der Waals surface area contributed by atoms with Gasteiger partial charge in [-0.25, -0.2) is 0 Å². The highest BCUT2D eigenvalue weighted by molar-refractivity contribution is 7.48. The number of phosphoric acid groups is 1. The van der Waals surface area contributed by atoms with Crippen LogP contribution in [0.3, 0.4) is 0 Å². The largest absolute Gasteiger partial charge is 0.645 e. The molecule has 0 aliphatic carbocycles. The molecule has 80 valence electrons. The van der Waals surface area contributed by atoms with Gasteiger partial charge >= 0.3 is 7.82 Å². The van der Waals surface area contributed by atoms with Crippen LogP contribution in [-0.2, 0) is 18.1 Å². The Morgan fingerprint density at radius 2 is 1.07 bits per heavy atom. The Morgan fingerprint density at radius 3 is 1.29 bits per heavy atom. The Labute approximate surface area is 96.3 Å². The SMILES string of the molecule is O=P(O/C=C/Cl)(O/C=C/Cl)O/C=C/Cl. The molecule has 0 aromatic rings. The van der Waals surface area contributed by atoms with Crippen LogP contribution in [0.4, 0.5) is 0 Å². The van der Waals surface area contributed by atoms with Crippen LogP contribution in [0.15, 0.2) is 35.4 Å². The quantitative estimate of drug-likeness (QED) is 0.538. The lowest BCUT2D eigenvalue weighted by atomic mass is 11.2. The van der Waals surface area contributed by atoms with Crippen LogP contribution in [0.5, 0.6) is 0 Å². The van der Waals surface area contributed by atoms with Crippen molar-refractivity contribution < 1.29 is 18.1 Å². The minimum atomic E-state index is -3.78. The van der Waals surface area contributed by atoms with E-state index in [1.54, 1.807) is 0 Å². The fourth-order valence-corrected chi connectivity index (χ4v) is 1.52. The van der Waals surface area contributed by atoms with Gasteiger partial charge in [-0.1, -0.05) is 34.8 Å². The molecule has 0 aromatic heterocycles. The second-order valence-electron chi connectivity index (χ2n) is 1.55. The van der Waals surface area contributed by atoms with E-state index in [1.165, 1.54) is 0 Å². The summed E-state index contributed by atoms with van der Waals surface area (Å²) < 4.78 is 25.2. The van der Waals surface area contributed by atoms with Crippen molar-refractivity contribution in [2.24, 2.45) is 0 Å². The first-order chi connectivity index (χ1) is 6.68. The van der Waals surface area contributed by atoms with Crippen LogP contribution in [-0.4, -0.2) is 0 Å². The summed E-state index contributed by atoms with van der Waals surface area (Å²) >= 11 is 15.4. The molecule has 14 heavy (non-hydrogen) atoms. The molecule has 0 radical (unpaired) electrons. The van der Waals surface area contributed by atoms with E-state index in [4.69, 9.17) is 34.8 Å². The number of hydrogen-bond donors (Lipinski definition) is 0. The fourth-order valence-electron chi connectivity index (χ4n) is 0.367. The van der Waals surface area contributed by atoms with Gasteiger partial charge < -0.3 is 13.6 Å². The fraction of sp³-hybridized carbons (Fsp3) is 0. The Hall–Kier alpha value is -0.280. The topological polar surface area (TPSA) is 44.8 Å². The van der Waals surface area contributed by atoms with Crippen molar-refractivity contribution in [3.8, 4) is 0 Å². The molecule has 0 atom stereocenters. The van der Waals surface area contributed by atoms with Crippen LogP contribution in [0.2, 0.25) is 0 Å². The van der Waals surface area contributed by atoms with E-state index in [-0.39, 0.29) is 0 Å². The number of halogens is 3. The Morgan fingerprint density at radius 1 is 0.786 bits per heavy atom. The van der Waals surface area contributed by atoms with Crippen LogP contribution >= 0.6 is 42.6 Å². The molecule has 4 nitrogen and oxygen atoms in total. The van der Waals surface area contributed by atoms with Crippen molar-refractivity contribution in [2.45, 2.75) is 0 Å². The summed E-state index contributed by atoms with van der Waals surface area (Å²) in [5, 5.41) is 0. The first kappa shape index (κ1) is 13.7. The second kappa shape index (κ2) is 8.06. The maximum absolute atomic E-state index is 11.5. The van der Waals surface area contributed by atoms with Gasteiger partial charge in [-0.15, -0.1) is 0 Å². The Bertz CT molecular complexity index is 233. The molecule has 0 heterocycles. The Kier molecular flexibility index (Phi) is 7.90. The summed E-state index contributed by atoms with van der Waals surface area (Å²) in [5.74, 6) is 0. The summed E-state index contributed by atoms with van der Waals surface area (Å²) in [6.45, 7) is 0. The summed E-state index contributed by atoms with van der Waals surface area (Å²) in [5.41, 5.74) is 2.98. The minimum Gasteiger partial charge on any atom is -0.393 e. The predicted molar refractivity (Wildman–Crippen MR) is 55.8 cm³/mol. The molecule has 0 fully saturated rings. The van der Waals surface area contributed by atoms with Gasteiger partial charge in [0.1, 0.15) is 18.8 Å². The molecule has 0 rings (SSSR count). The van der Waals surface area contributed by atoms with Crippen LogP contribution in [0.1, 0.15) is 0 Å². The highest BCUT2D eigenvalue weighted by Gasteiger charge is 2.27. The molecule has 0 bridgehead atoms. The molecule has 0 aromatic carbocycles. The predicted octanol–water partition coefficient (Wildman–Crippen LogP) is 4.27. The van der Waals surface area contributed by atoms with Gasteiger partial charge in [-0.05, 0) is 0 Å². The molecular weight excluding hydrogens is 273 g/mol. The molecule has 8 heteroatoms. The van der Waals surface area contributed by atoms with Crippen molar-refractivity contribution in [3.05, 3.63) is 35.4 Å². The van der Waals surface area contributed by atoms with E-state index in [0.717, 1.165) is 35.4 Å². The summed E-state index contributed by atoms with van der Waals surface area (Å²) in [7, 11) is -3.78. The van der Waals surface area contributed by atoms with E-state index in [0.29, 0.717) is 0 Å². The molecule has 0 amide bonds. The maximum atomic E-state index is 11.5. The van der Waals surface area contributed by atoms with Crippen LogP contribution < -0.4 is 0 Å². The van der Waals surface area contributed by atoms with E-state index < -0.39 is 7.82 Å².